The zero-order valence-electron chi connectivity index (χ0n) is 14.7. The van der Waals surface area contributed by atoms with Gasteiger partial charge in [0, 0.05) is 7.05 Å². The fraction of sp³-hybridized carbons (Fsp3) is 0.105. The second-order valence-electron chi connectivity index (χ2n) is 5.75. The number of carbonyl (C=O) groups is 5. The molecule has 142 valence electrons. The summed E-state index contributed by atoms with van der Waals surface area (Å²) in [6, 6.07) is 11.4. The smallest absolute Gasteiger partial charge is 0.338 e. The van der Waals surface area contributed by atoms with Crippen molar-refractivity contribution >= 4 is 35.4 Å². The zero-order chi connectivity index (χ0) is 20.3. The number of hydrogen-bond donors (Lipinski definition) is 2. The van der Waals surface area contributed by atoms with Crippen LogP contribution in [-0.4, -0.2) is 43.4 Å². The van der Waals surface area contributed by atoms with Crippen LogP contribution in [0.1, 0.15) is 31.1 Å². The SMILES string of the molecule is CNC(=O)NC(=O)COC(=O)c1cccc(N2C(=O)c3ccccc3C2=O)c1. The maximum absolute atomic E-state index is 12.5. The highest BCUT2D eigenvalue weighted by atomic mass is 16.5. The minimum atomic E-state index is -0.842. The molecule has 0 aromatic heterocycles. The topological polar surface area (TPSA) is 122 Å². The van der Waals surface area contributed by atoms with E-state index < -0.39 is 36.3 Å². The third-order valence-corrected chi connectivity index (χ3v) is 3.95. The standard InChI is InChI=1S/C19H15N3O6/c1-20-19(27)21-15(23)10-28-18(26)11-5-4-6-12(9-11)22-16(24)13-7-2-3-8-14(13)17(22)25/h2-9H,10H2,1H3,(H2,20,21,23,27). The lowest BCUT2D eigenvalue weighted by Crippen LogP contribution is -2.39. The van der Waals surface area contributed by atoms with Crippen molar-refractivity contribution in [3.63, 3.8) is 0 Å². The number of esters is 1. The van der Waals surface area contributed by atoms with Gasteiger partial charge >= 0.3 is 12.0 Å². The average Bonchev–Trinajstić information content (AvgIpc) is 2.97. The first-order chi connectivity index (χ1) is 13.4. The van der Waals surface area contributed by atoms with Gasteiger partial charge in [-0.3, -0.25) is 19.7 Å². The predicted molar refractivity (Wildman–Crippen MR) is 96.9 cm³/mol. The molecule has 0 bridgehead atoms. The molecule has 3 rings (SSSR count). The quantitative estimate of drug-likeness (QED) is 0.604. The van der Waals surface area contributed by atoms with E-state index in [-0.39, 0.29) is 22.4 Å². The van der Waals surface area contributed by atoms with Gasteiger partial charge in [0.2, 0.25) is 0 Å². The van der Waals surface area contributed by atoms with Crippen molar-refractivity contribution in [2.75, 3.05) is 18.6 Å². The van der Waals surface area contributed by atoms with Crippen molar-refractivity contribution in [1.29, 1.82) is 0 Å². The van der Waals surface area contributed by atoms with E-state index in [1.165, 1.54) is 31.3 Å². The highest BCUT2D eigenvalue weighted by Crippen LogP contribution is 2.28. The second kappa shape index (κ2) is 7.70. The highest BCUT2D eigenvalue weighted by molar-refractivity contribution is 6.34. The molecule has 0 saturated carbocycles. The summed E-state index contributed by atoms with van der Waals surface area (Å²) in [4.78, 5) is 60.7. The Balaban J connectivity index is 1.74. The Bertz CT molecular complexity index is 966. The average molecular weight is 381 g/mol. The van der Waals surface area contributed by atoms with E-state index in [9.17, 15) is 24.0 Å². The molecule has 0 radical (unpaired) electrons. The third-order valence-electron chi connectivity index (χ3n) is 3.95. The predicted octanol–water partition coefficient (Wildman–Crippen LogP) is 1.10. The molecule has 2 N–H and O–H groups in total. The number of urea groups is 1. The van der Waals surface area contributed by atoms with Gasteiger partial charge < -0.3 is 10.1 Å². The summed E-state index contributed by atoms with van der Waals surface area (Å²) in [7, 11) is 1.33. The number of nitrogens with one attached hydrogen (secondary N) is 2. The van der Waals surface area contributed by atoms with Crippen LogP contribution in [0.5, 0.6) is 0 Å². The number of benzene rings is 2. The molecule has 0 fully saturated rings. The van der Waals surface area contributed by atoms with Crippen LogP contribution in [0.2, 0.25) is 0 Å². The van der Waals surface area contributed by atoms with E-state index in [1.54, 1.807) is 24.3 Å². The Labute approximate surface area is 159 Å². The lowest BCUT2D eigenvalue weighted by molar-refractivity contribution is -0.123. The monoisotopic (exact) mass is 381 g/mol. The first-order valence-corrected chi connectivity index (χ1v) is 8.19. The van der Waals surface area contributed by atoms with Gasteiger partial charge in [0.05, 0.1) is 22.4 Å². The van der Waals surface area contributed by atoms with Crippen molar-refractivity contribution in [3.05, 3.63) is 65.2 Å². The Hall–Kier alpha value is -4.01. The number of amides is 5. The van der Waals surface area contributed by atoms with E-state index in [4.69, 9.17) is 4.74 Å². The molecule has 2 aromatic rings. The number of ether oxygens (including phenoxy) is 1. The van der Waals surface area contributed by atoms with E-state index >= 15 is 0 Å². The Morgan fingerprint density at radius 2 is 1.61 bits per heavy atom. The van der Waals surface area contributed by atoms with Gasteiger partial charge in [-0.1, -0.05) is 18.2 Å². The number of anilines is 1. The first-order valence-electron chi connectivity index (χ1n) is 8.19. The van der Waals surface area contributed by atoms with Gasteiger partial charge in [-0.05, 0) is 30.3 Å². The van der Waals surface area contributed by atoms with Crippen LogP contribution in [0.25, 0.3) is 0 Å². The molecule has 0 atom stereocenters. The molecule has 0 saturated heterocycles. The largest absolute Gasteiger partial charge is 0.452 e. The first kappa shape index (κ1) is 18.8. The molecule has 9 heteroatoms. The lowest BCUT2D eigenvalue weighted by Gasteiger charge is -2.14. The summed E-state index contributed by atoms with van der Waals surface area (Å²) in [6.45, 7) is -0.663. The molecule has 9 nitrogen and oxygen atoms in total. The normalized spacial score (nSPS) is 12.4. The molecule has 1 heterocycles. The fourth-order valence-electron chi connectivity index (χ4n) is 2.64. The Morgan fingerprint density at radius 3 is 2.21 bits per heavy atom. The van der Waals surface area contributed by atoms with Gasteiger partial charge in [-0.2, -0.15) is 0 Å². The summed E-state index contributed by atoms with van der Waals surface area (Å²) >= 11 is 0. The van der Waals surface area contributed by atoms with Gasteiger partial charge in [0.1, 0.15) is 0 Å². The van der Waals surface area contributed by atoms with Crippen molar-refractivity contribution in [1.82, 2.24) is 10.6 Å². The van der Waals surface area contributed by atoms with Crippen molar-refractivity contribution in [2.24, 2.45) is 0 Å². The van der Waals surface area contributed by atoms with E-state index in [2.05, 4.69) is 5.32 Å². The van der Waals surface area contributed by atoms with Gasteiger partial charge in [0.15, 0.2) is 6.61 Å². The molecular formula is C19H15N3O6. The van der Waals surface area contributed by atoms with Crippen LogP contribution in [0.3, 0.4) is 0 Å². The van der Waals surface area contributed by atoms with E-state index in [0.29, 0.717) is 0 Å². The zero-order valence-corrected chi connectivity index (χ0v) is 14.7. The lowest BCUT2D eigenvalue weighted by atomic mass is 10.1. The molecule has 28 heavy (non-hydrogen) atoms. The van der Waals surface area contributed by atoms with Crippen LogP contribution in [-0.2, 0) is 9.53 Å². The fourth-order valence-corrected chi connectivity index (χ4v) is 2.64. The van der Waals surface area contributed by atoms with E-state index in [1.807, 2.05) is 5.32 Å². The summed E-state index contributed by atoms with van der Waals surface area (Å²) < 4.78 is 4.85. The maximum Gasteiger partial charge on any atom is 0.338 e. The number of rotatable bonds is 4. The summed E-state index contributed by atoms with van der Waals surface area (Å²) in [5.74, 6) is -2.62. The molecule has 2 aromatic carbocycles. The van der Waals surface area contributed by atoms with E-state index in [0.717, 1.165) is 4.90 Å². The Morgan fingerprint density at radius 1 is 0.964 bits per heavy atom. The van der Waals surface area contributed by atoms with Crippen LogP contribution in [0.15, 0.2) is 48.5 Å². The van der Waals surface area contributed by atoms with Crippen LogP contribution in [0, 0.1) is 0 Å². The third kappa shape index (κ3) is 3.58. The number of imide groups is 2. The molecule has 1 aliphatic heterocycles. The minimum Gasteiger partial charge on any atom is -0.452 e. The summed E-state index contributed by atoms with van der Waals surface area (Å²) in [5, 5.41) is 4.14. The molecule has 0 unspecified atom stereocenters. The molecule has 0 spiro atoms. The molecule has 0 aliphatic carbocycles. The van der Waals surface area contributed by atoms with Crippen molar-refractivity contribution in [3.8, 4) is 0 Å². The van der Waals surface area contributed by atoms with Crippen LogP contribution in [0.4, 0.5) is 10.5 Å². The number of fused-ring (bicyclic) bond motifs is 1. The molecular weight excluding hydrogens is 366 g/mol. The molecule has 5 amide bonds. The van der Waals surface area contributed by atoms with Gasteiger partial charge in [-0.25, -0.2) is 14.5 Å². The number of hydrogen-bond acceptors (Lipinski definition) is 6. The summed E-state index contributed by atoms with van der Waals surface area (Å²) in [6.07, 6.45) is 0. The van der Waals surface area contributed by atoms with Gasteiger partial charge in [-0.15, -0.1) is 0 Å². The van der Waals surface area contributed by atoms with Crippen LogP contribution < -0.4 is 15.5 Å². The summed E-state index contributed by atoms with van der Waals surface area (Å²) in [5.41, 5.74) is 0.815. The number of carbonyl (C=O) groups excluding carboxylic acids is 5. The molecule has 1 aliphatic rings. The van der Waals surface area contributed by atoms with Crippen LogP contribution >= 0.6 is 0 Å². The van der Waals surface area contributed by atoms with Gasteiger partial charge in [0.25, 0.3) is 17.7 Å². The minimum absolute atomic E-state index is 0.0433. The van der Waals surface area contributed by atoms with Crippen molar-refractivity contribution in [2.45, 2.75) is 0 Å². The maximum atomic E-state index is 12.5. The highest BCUT2D eigenvalue weighted by Gasteiger charge is 2.36. The second-order valence-corrected chi connectivity index (χ2v) is 5.75. The van der Waals surface area contributed by atoms with Crippen molar-refractivity contribution < 1.29 is 28.7 Å². The number of nitrogens with zero attached hydrogens (tertiary/aromatic N) is 1. The Kier molecular flexibility index (Phi) is 5.16.